The summed E-state index contributed by atoms with van der Waals surface area (Å²) in [5, 5.41) is 2.04. The van der Waals surface area contributed by atoms with Crippen molar-refractivity contribution in [3.8, 4) is 5.75 Å². The van der Waals surface area contributed by atoms with Crippen LogP contribution in [0.5, 0.6) is 5.75 Å². The number of carbonyl (C=O) groups is 2. The molecule has 0 unspecified atom stereocenters. The number of halogens is 1. The minimum absolute atomic E-state index is 0.000569. The van der Waals surface area contributed by atoms with Gasteiger partial charge in [0.05, 0.1) is 6.04 Å². The van der Waals surface area contributed by atoms with Crippen molar-refractivity contribution in [1.82, 2.24) is 9.80 Å². The average Bonchev–Trinajstić information content (AvgIpc) is 3.24. The van der Waals surface area contributed by atoms with E-state index in [1.165, 1.54) is 17.0 Å². The normalized spacial score (nSPS) is 16.6. The molecular formula is C25H33FN2O3S. The highest BCUT2D eigenvalue weighted by Crippen LogP contribution is 2.34. The molecule has 0 spiro atoms. The van der Waals surface area contributed by atoms with Gasteiger partial charge < -0.3 is 14.5 Å². The molecule has 0 saturated heterocycles. The molecule has 1 aliphatic rings. The zero-order valence-electron chi connectivity index (χ0n) is 19.3. The molecule has 0 aliphatic carbocycles. The fraction of sp³-hybridized carbons (Fsp3) is 0.520. The number of ether oxygens (including phenoxy) is 1. The van der Waals surface area contributed by atoms with Gasteiger partial charge in [-0.3, -0.25) is 9.59 Å². The molecule has 0 saturated carbocycles. The summed E-state index contributed by atoms with van der Waals surface area (Å²) in [5.74, 6) is 0.448. The summed E-state index contributed by atoms with van der Waals surface area (Å²) >= 11 is 1.69. The number of carbonyl (C=O) groups excluding carboxylic acids is 2. The van der Waals surface area contributed by atoms with E-state index in [0.29, 0.717) is 18.7 Å². The maximum Gasteiger partial charge on any atom is 0.242 e. The highest BCUT2D eigenvalue weighted by Gasteiger charge is 2.34. The van der Waals surface area contributed by atoms with Crippen molar-refractivity contribution >= 4 is 23.2 Å². The summed E-state index contributed by atoms with van der Waals surface area (Å²) in [6.45, 7) is 9.00. The van der Waals surface area contributed by atoms with Gasteiger partial charge in [-0.2, -0.15) is 0 Å². The van der Waals surface area contributed by atoms with Gasteiger partial charge >= 0.3 is 0 Å². The molecule has 2 amide bonds. The average molecular weight is 461 g/mol. The first-order valence-electron chi connectivity index (χ1n) is 11.3. The predicted molar refractivity (Wildman–Crippen MR) is 125 cm³/mol. The number of hydrogen-bond donors (Lipinski definition) is 0. The van der Waals surface area contributed by atoms with Gasteiger partial charge in [-0.15, -0.1) is 11.3 Å². The third-order valence-corrected chi connectivity index (χ3v) is 6.96. The van der Waals surface area contributed by atoms with Crippen molar-refractivity contribution < 1.29 is 18.7 Å². The Bertz CT molecular complexity index is 912. The lowest BCUT2D eigenvalue weighted by Gasteiger charge is -2.38. The number of nitrogens with zero attached hydrogens (tertiary/aromatic N) is 2. The largest absolute Gasteiger partial charge is 0.491 e. The Morgan fingerprint density at radius 1 is 1.22 bits per heavy atom. The van der Waals surface area contributed by atoms with Crippen LogP contribution >= 0.6 is 11.3 Å². The van der Waals surface area contributed by atoms with Crippen molar-refractivity contribution in [3.05, 3.63) is 52.0 Å². The van der Waals surface area contributed by atoms with Crippen LogP contribution in [0.25, 0.3) is 0 Å². The quantitative estimate of drug-likeness (QED) is 0.525. The highest BCUT2D eigenvalue weighted by molar-refractivity contribution is 7.10. The Hall–Kier alpha value is -2.41. The molecule has 32 heavy (non-hydrogen) atoms. The lowest BCUT2D eigenvalue weighted by Crippen LogP contribution is -2.50. The van der Waals surface area contributed by atoms with Gasteiger partial charge in [0.25, 0.3) is 0 Å². The lowest BCUT2D eigenvalue weighted by molar-refractivity contribution is -0.144. The van der Waals surface area contributed by atoms with Crippen molar-refractivity contribution in [3.63, 3.8) is 0 Å². The monoisotopic (exact) mass is 460 g/mol. The number of thiophene rings is 1. The molecule has 174 valence electrons. The van der Waals surface area contributed by atoms with E-state index in [4.69, 9.17) is 4.74 Å². The number of rotatable bonds is 9. The third-order valence-electron chi connectivity index (χ3n) is 5.97. The van der Waals surface area contributed by atoms with Crippen LogP contribution < -0.4 is 4.74 Å². The standard InChI is InChI=1S/C25H33FN2O3S/c1-5-18(4)28(24(29)14-17(2)3)15-25(30)27-12-10-23-21(11-13-32-23)22(27)16-31-20-8-6-19(26)7-9-20/h6-9,11,13,17-18,22H,5,10,12,14-16H2,1-4H3/t18-,22-/m1/s1. The van der Waals surface area contributed by atoms with Crippen molar-refractivity contribution in [2.45, 2.75) is 59.0 Å². The Labute approximate surface area is 194 Å². The summed E-state index contributed by atoms with van der Waals surface area (Å²) in [6.07, 6.45) is 2.03. The number of benzene rings is 1. The molecule has 5 nitrogen and oxygen atoms in total. The van der Waals surface area contributed by atoms with E-state index in [1.54, 1.807) is 28.4 Å². The van der Waals surface area contributed by atoms with Gasteiger partial charge in [0, 0.05) is 23.9 Å². The van der Waals surface area contributed by atoms with Gasteiger partial charge in [-0.05, 0) is 67.0 Å². The first-order valence-corrected chi connectivity index (χ1v) is 12.2. The van der Waals surface area contributed by atoms with Crippen LogP contribution in [0.4, 0.5) is 4.39 Å². The molecule has 2 atom stereocenters. The number of hydrogen-bond acceptors (Lipinski definition) is 4. The Balaban J connectivity index is 1.77. The first-order chi connectivity index (χ1) is 15.3. The molecule has 7 heteroatoms. The SMILES string of the molecule is CC[C@@H](C)N(CC(=O)N1CCc2sccc2[C@H]1COc1ccc(F)cc1)C(=O)CC(C)C. The van der Waals surface area contributed by atoms with E-state index >= 15 is 0 Å². The molecule has 2 heterocycles. The molecule has 1 aliphatic heterocycles. The molecule has 0 bridgehead atoms. The summed E-state index contributed by atoms with van der Waals surface area (Å²) in [6, 6.07) is 7.72. The van der Waals surface area contributed by atoms with Gasteiger partial charge in [-0.25, -0.2) is 4.39 Å². The van der Waals surface area contributed by atoms with Gasteiger partial charge in [0.2, 0.25) is 11.8 Å². The minimum atomic E-state index is -0.317. The predicted octanol–water partition coefficient (Wildman–Crippen LogP) is 5.07. The zero-order valence-corrected chi connectivity index (χ0v) is 20.2. The molecular weight excluding hydrogens is 427 g/mol. The van der Waals surface area contributed by atoms with Crippen molar-refractivity contribution in [1.29, 1.82) is 0 Å². The second-order valence-corrected chi connectivity index (χ2v) is 9.79. The zero-order chi connectivity index (χ0) is 23.3. The van der Waals surface area contributed by atoms with E-state index in [-0.39, 0.29) is 48.8 Å². The summed E-state index contributed by atoms with van der Waals surface area (Å²) < 4.78 is 19.2. The summed E-state index contributed by atoms with van der Waals surface area (Å²) in [7, 11) is 0. The Kier molecular flexibility index (Phi) is 8.29. The van der Waals surface area contributed by atoms with E-state index in [0.717, 1.165) is 18.4 Å². The topological polar surface area (TPSA) is 49.9 Å². The van der Waals surface area contributed by atoms with Crippen LogP contribution in [0.3, 0.4) is 0 Å². The second-order valence-electron chi connectivity index (χ2n) is 8.79. The fourth-order valence-corrected chi connectivity index (χ4v) is 4.92. The number of amides is 2. The van der Waals surface area contributed by atoms with E-state index in [9.17, 15) is 14.0 Å². The lowest BCUT2D eigenvalue weighted by atomic mass is 10.00. The minimum Gasteiger partial charge on any atom is -0.491 e. The molecule has 3 rings (SSSR count). The van der Waals surface area contributed by atoms with Crippen molar-refractivity contribution in [2.75, 3.05) is 19.7 Å². The molecule has 0 N–H and O–H groups in total. The van der Waals surface area contributed by atoms with E-state index in [2.05, 4.69) is 6.07 Å². The maximum atomic E-state index is 13.4. The number of fused-ring (bicyclic) bond motifs is 1. The van der Waals surface area contributed by atoms with Crippen LogP contribution in [0.2, 0.25) is 0 Å². The van der Waals surface area contributed by atoms with Crippen LogP contribution in [0.1, 0.15) is 57.0 Å². The van der Waals surface area contributed by atoms with Crippen molar-refractivity contribution in [2.24, 2.45) is 5.92 Å². The molecule has 1 aromatic heterocycles. The maximum absolute atomic E-state index is 13.4. The molecule has 2 aromatic rings. The molecule has 1 aromatic carbocycles. The Morgan fingerprint density at radius 3 is 2.59 bits per heavy atom. The van der Waals surface area contributed by atoms with Gasteiger partial charge in [0.15, 0.2) is 0 Å². The van der Waals surface area contributed by atoms with E-state index < -0.39 is 0 Å². The van der Waals surface area contributed by atoms with Crippen LogP contribution in [-0.2, 0) is 16.0 Å². The summed E-state index contributed by atoms with van der Waals surface area (Å²) in [5.41, 5.74) is 1.10. The smallest absolute Gasteiger partial charge is 0.242 e. The highest BCUT2D eigenvalue weighted by atomic mass is 32.1. The van der Waals surface area contributed by atoms with Crippen LogP contribution in [-0.4, -0.2) is 47.4 Å². The summed E-state index contributed by atoms with van der Waals surface area (Å²) in [4.78, 5) is 31.1. The van der Waals surface area contributed by atoms with E-state index in [1.807, 2.05) is 38.0 Å². The fourth-order valence-electron chi connectivity index (χ4n) is 3.99. The first kappa shape index (κ1) is 24.2. The third kappa shape index (κ3) is 5.88. The Morgan fingerprint density at radius 2 is 1.94 bits per heavy atom. The van der Waals surface area contributed by atoms with Crippen LogP contribution in [0.15, 0.2) is 35.7 Å². The molecule has 0 radical (unpaired) electrons. The molecule has 0 fully saturated rings. The van der Waals surface area contributed by atoms with Gasteiger partial charge in [-0.1, -0.05) is 20.8 Å². The van der Waals surface area contributed by atoms with Gasteiger partial charge in [0.1, 0.15) is 24.7 Å². The van der Waals surface area contributed by atoms with Crippen LogP contribution in [0, 0.1) is 11.7 Å². The second kappa shape index (κ2) is 10.9.